The van der Waals surface area contributed by atoms with E-state index in [-0.39, 0.29) is 29.8 Å². The maximum absolute atomic E-state index is 11.7. The van der Waals surface area contributed by atoms with E-state index in [1.807, 2.05) is 6.92 Å². The molecule has 1 saturated carbocycles. The van der Waals surface area contributed by atoms with Crippen molar-refractivity contribution in [1.29, 1.82) is 0 Å². The fourth-order valence-electron chi connectivity index (χ4n) is 4.31. The summed E-state index contributed by atoms with van der Waals surface area (Å²) in [5.74, 6) is -0.00537. The Morgan fingerprint density at radius 2 is 2.05 bits per heavy atom. The van der Waals surface area contributed by atoms with Crippen LogP contribution in [-0.4, -0.2) is 34.9 Å². The smallest absolute Gasteiger partial charge is 0.334 e. The molecule has 2 aliphatic heterocycles. The lowest BCUT2D eigenvalue weighted by Gasteiger charge is -2.48. The third-order valence-corrected chi connectivity index (χ3v) is 5.52. The first-order chi connectivity index (χ1) is 9.33. The Hall–Kier alpha value is -0.910. The molecule has 112 valence electrons. The molecule has 20 heavy (non-hydrogen) atoms. The van der Waals surface area contributed by atoms with Gasteiger partial charge in [0.1, 0.15) is 6.10 Å². The molecule has 0 amide bonds. The van der Waals surface area contributed by atoms with Gasteiger partial charge in [-0.2, -0.15) is 0 Å². The topological polar surface area (TPSA) is 76.0 Å². The largest absolute Gasteiger partial charge is 0.458 e. The molecule has 1 aliphatic carbocycles. The third kappa shape index (κ3) is 1.91. The van der Waals surface area contributed by atoms with Crippen LogP contribution in [0, 0.1) is 23.2 Å². The highest BCUT2D eigenvalue weighted by atomic mass is 16.7. The number of fused-ring (bicyclic) bond motifs is 2. The second kappa shape index (κ2) is 4.55. The van der Waals surface area contributed by atoms with E-state index in [4.69, 9.17) is 9.47 Å². The Bertz CT molecular complexity index is 448. The summed E-state index contributed by atoms with van der Waals surface area (Å²) in [5.41, 5.74) is 0.0111. The molecule has 0 radical (unpaired) electrons. The van der Waals surface area contributed by atoms with Crippen molar-refractivity contribution in [3.05, 3.63) is 12.2 Å². The molecule has 2 heterocycles. The van der Waals surface area contributed by atoms with Gasteiger partial charge in [0.15, 0.2) is 12.6 Å². The highest BCUT2D eigenvalue weighted by Gasteiger charge is 2.56. The monoisotopic (exact) mass is 282 g/mol. The van der Waals surface area contributed by atoms with E-state index >= 15 is 0 Å². The van der Waals surface area contributed by atoms with Crippen LogP contribution in [0.2, 0.25) is 0 Å². The maximum Gasteiger partial charge on any atom is 0.334 e. The van der Waals surface area contributed by atoms with Crippen LogP contribution in [0.1, 0.15) is 33.1 Å². The predicted molar refractivity (Wildman–Crippen MR) is 70.2 cm³/mol. The minimum atomic E-state index is -1.03. The summed E-state index contributed by atoms with van der Waals surface area (Å²) < 4.78 is 10.6. The number of carbonyl (C=O) groups excluding carboxylic acids is 1. The number of hydrogen-bond donors (Lipinski definition) is 2. The van der Waals surface area contributed by atoms with E-state index in [1.54, 1.807) is 0 Å². The summed E-state index contributed by atoms with van der Waals surface area (Å²) in [6.07, 6.45) is -0.249. The van der Waals surface area contributed by atoms with Gasteiger partial charge >= 0.3 is 5.97 Å². The second-order valence-corrected chi connectivity index (χ2v) is 6.78. The lowest BCUT2D eigenvalue weighted by molar-refractivity contribution is -0.304. The number of carbonyl (C=O) groups is 1. The van der Waals surface area contributed by atoms with Gasteiger partial charge in [-0.1, -0.05) is 20.4 Å². The van der Waals surface area contributed by atoms with E-state index in [0.717, 1.165) is 6.42 Å². The summed E-state index contributed by atoms with van der Waals surface area (Å²) in [6.45, 7) is 7.91. The molecular weight excluding hydrogens is 260 g/mol. The van der Waals surface area contributed by atoms with Crippen LogP contribution in [0.15, 0.2) is 12.2 Å². The molecule has 0 bridgehead atoms. The fraction of sp³-hybridized carbons (Fsp3) is 0.800. The number of esters is 1. The van der Waals surface area contributed by atoms with Gasteiger partial charge in [-0.3, -0.25) is 0 Å². The van der Waals surface area contributed by atoms with Crippen molar-refractivity contribution in [2.24, 2.45) is 23.2 Å². The van der Waals surface area contributed by atoms with Crippen LogP contribution in [0.3, 0.4) is 0 Å². The Balaban J connectivity index is 1.96. The number of hydrogen-bond acceptors (Lipinski definition) is 5. The number of rotatable bonds is 0. The third-order valence-electron chi connectivity index (χ3n) is 5.52. The van der Waals surface area contributed by atoms with Crippen LogP contribution in [0.5, 0.6) is 0 Å². The molecule has 3 aliphatic rings. The first-order valence-corrected chi connectivity index (χ1v) is 7.24. The quantitative estimate of drug-likeness (QED) is 0.515. The first-order valence-electron chi connectivity index (χ1n) is 7.24. The minimum Gasteiger partial charge on any atom is -0.458 e. The van der Waals surface area contributed by atoms with Gasteiger partial charge in [-0.15, -0.1) is 0 Å². The van der Waals surface area contributed by atoms with Crippen molar-refractivity contribution in [2.45, 2.75) is 51.8 Å². The molecule has 5 heteroatoms. The Labute approximate surface area is 118 Å². The molecule has 0 aromatic carbocycles. The molecule has 2 saturated heterocycles. The average Bonchev–Trinajstić information content (AvgIpc) is 2.55. The lowest BCUT2D eigenvalue weighted by Crippen LogP contribution is -2.51. The van der Waals surface area contributed by atoms with Crippen molar-refractivity contribution in [3.63, 3.8) is 0 Å². The van der Waals surface area contributed by atoms with E-state index < -0.39 is 18.0 Å². The summed E-state index contributed by atoms with van der Waals surface area (Å²) in [6, 6.07) is 0. The summed E-state index contributed by atoms with van der Waals surface area (Å²) in [7, 11) is 0. The molecular formula is C15H22O5. The van der Waals surface area contributed by atoms with Crippen LogP contribution in [0.4, 0.5) is 0 Å². The highest BCUT2D eigenvalue weighted by molar-refractivity contribution is 5.90. The molecule has 2 unspecified atom stereocenters. The molecule has 3 fully saturated rings. The average molecular weight is 282 g/mol. The molecule has 7 atom stereocenters. The normalized spacial score (nSPS) is 52.0. The molecule has 0 aromatic rings. The van der Waals surface area contributed by atoms with Crippen molar-refractivity contribution in [1.82, 2.24) is 0 Å². The summed E-state index contributed by atoms with van der Waals surface area (Å²) >= 11 is 0. The zero-order chi connectivity index (χ0) is 14.7. The zero-order valence-electron chi connectivity index (χ0n) is 11.9. The van der Waals surface area contributed by atoms with Crippen molar-refractivity contribution >= 4 is 5.97 Å². The van der Waals surface area contributed by atoms with Gasteiger partial charge in [-0.25, -0.2) is 4.79 Å². The predicted octanol–water partition coefficient (Wildman–Crippen LogP) is 1.19. The van der Waals surface area contributed by atoms with Crippen LogP contribution < -0.4 is 0 Å². The number of aliphatic hydroxyl groups excluding tert-OH is 2. The van der Waals surface area contributed by atoms with Crippen molar-refractivity contribution in [2.75, 3.05) is 0 Å². The lowest BCUT2D eigenvalue weighted by atomic mass is 9.65. The van der Waals surface area contributed by atoms with Crippen LogP contribution in [0.25, 0.3) is 0 Å². The van der Waals surface area contributed by atoms with E-state index in [1.165, 1.54) is 0 Å². The van der Waals surface area contributed by atoms with Gasteiger partial charge in [0.05, 0.1) is 0 Å². The standard InChI is InChI=1S/C15H22O5/c1-7-4-11-9(8(2)13(17)19-11)6-15(3)10(7)5-12(16)20-14(15)18/h7,9-12,14,16,18H,2,4-6H2,1,3H3/t7-,9-,10+,11-,12?,14-,15?/m0/s1. The Kier molecular flexibility index (Phi) is 3.19. The molecule has 0 spiro atoms. The highest BCUT2D eigenvalue weighted by Crippen LogP contribution is 2.54. The van der Waals surface area contributed by atoms with Crippen LogP contribution in [-0.2, 0) is 14.3 Å². The van der Waals surface area contributed by atoms with E-state index in [9.17, 15) is 15.0 Å². The minimum absolute atomic E-state index is 0.0616. The molecule has 3 rings (SSSR count). The van der Waals surface area contributed by atoms with Gasteiger partial charge in [0.25, 0.3) is 0 Å². The number of aliphatic hydroxyl groups is 2. The van der Waals surface area contributed by atoms with E-state index in [2.05, 4.69) is 13.5 Å². The number of ether oxygens (including phenoxy) is 2. The summed E-state index contributed by atoms with van der Waals surface area (Å²) in [5, 5.41) is 20.1. The first kappa shape index (κ1) is 14.0. The van der Waals surface area contributed by atoms with Gasteiger partial charge in [0.2, 0.25) is 0 Å². The van der Waals surface area contributed by atoms with Crippen molar-refractivity contribution in [3.8, 4) is 0 Å². The Morgan fingerprint density at radius 1 is 1.35 bits per heavy atom. The zero-order valence-corrected chi connectivity index (χ0v) is 11.9. The molecule has 5 nitrogen and oxygen atoms in total. The molecule has 2 N–H and O–H groups in total. The SMILES string of the molecule is C=C1C(=O)O[C@H]2C[C@H](C)[C@H]3CC(O)O[C@H](O)C3(C)C[C@@H]12. The van der Waals surface area contributed by atoms with Gasteiger partial charge in [0, 0.05) is 23.3 Å². The Morgan fingerprint density at radius 3 is 2.75 bits per heavy atom. The van der Waals surface area contributed by atoms with Gasteiger partial charge in [-0.05, 0) is 24.7 Å². The summed E-state index contributed by atoms with van der Waals surface area (Å²) in [4.78, 5) is 11.7. The van der Waals surface area contributed by atoms with Gasteiger partial charge < -0.3 is 19.7 Å². The molecule has 0 aromatic heterocycles. The second-order valence-electron chi connectivity index (χ2n) is 6.78. The van der Waals surface area contributed by atoms with Crippen molar-refractivity contribution < 1.29 is 24.5 Å². The fourth-order valence-corrected chi connectivity index (χ4v) is 4.31. The van der Waals surface area contributed by atoms with E-state index in [0.29, 0.717) is 18.4 Å². The van der Waals surface area contributed by atoms with Crippen LogP contribution >= 0.6 is 0 Å². The maximum atomic E-state index is 11.7.